The number of nitrogens with zero attached hydrogens (tertiary/aromatic N) is 1. The summed E-state index contributed by atoms with van der Waals surface area (Å²) in [5, 5.41) is 5.95. The predicted molar refractivity (Wildman–Crippen MR) is 121 cm³/mol. The van der Waals surface area contributed by atoms with Gasteiger partial charge in [-0.2, -0.15) is 0 Å². The van der Waals surface area contributed by atoms with Crippen LogP contribution in [0.1, 0.15) is 31.7 Å². The smallest absolute Gasteiger partial charge is 0.311 e. The lowest BCUT2D eigenvalue weighted by Crippen LogP contribution is -2.37. The summed E-state index contributed by atoms with van der Waals surface area (Å²) in [5.74, 6) is -1.16. The van der Waals surface area contributed by atoms with E-state index in [9.17, 15) is 14.4 Å². The van der Waals surface area contributed by atoms with E-state index in [0.29, 0.717) is 22.8 Å². The molecule has 7 heteroatoms. The number of anilines is 3. The molecule has 0 atom stereocenters. The van der Waals surface area contributed by atoms with E-state index >= 15 is 0 Å². The Labute approximate surface area is 182 Å². The number of amides is 2. The normalized spacial score (nSPS) is 12.9. The SMILES string of the molecule is CCCCc1ccc(NC(=O)CN2C(=O)C=C(CC(=O)OC)Nc3ccccc32)cc1. The van der Waals surface area contributed by atoms with Gasteiger partial charge in [0.05, 0.1) is 24.9 Å². The number of methoxy groups -OCH3 is 1. The molecule has 0 saturated carbocycles. The van der Waals surface area contributed by atoms with Gasteiger partial charge in [0.25, 0.3) is 5.91 Å². The van der Waals surface area contributed by atoms with Crippen LogP contribution in [0.25, 0.3) is 0 Å². The highest BCUT2D eigenvalue weighted by Gasteiger charge is 2.25. The fourth-order valence-electron chi connectivity index (χ4n) is 3.34. The van der Waals surface area contributed by atoms with Gasteiger partial charge in [0.2, 0.25) is 5.91 Å². The van der Waals surface area contributed by atoms with Crippen LogP contribution in [0.5, 0.6) is 0 Å². The molecule has 0 radical (unpaired) electrons. The standard InChI is InChI=1S/C24H27N3O4/c1-3-4-7-17-10-12-18(13-11-17)26-22(28)16-27-21-9-6-5-8-20(21)25-19(14-23(27)29)15-24(30)31-2/h5-6,8-14,25H,3-4,7,15-16H2,1-2H3,(H,26,28). The zero-order valence-electron chi connectivity index (χ0n) is 17.8. The number of esters is 1. The topological polar surface area (TPSA) is 87.7 Å². The van der Waals surface area contributed by atoms with Gasteiger partial charge in [-0.05, 0) is 42.7 Å². The molecular weight excluding hydrogens is 394 g/mol. The summed E-state index contributed by atoms with van der Waals surface area (Å²) >= 11 is 0. The Balaban J connectivity index is 1.74. The van der Waals surface area contributed by atoms with Gasteiger partial charge in [-0.3, -0.25) is 19.3 Å². The number of carbonyl (C=O) groups excluding carboxylic acids is 3. The molecule has 0 fully saturated rings. The van der Waals surface area contributed by atoms with Gasteiger partial charge >= 0.3 is 5.97 Å². The van der Waals surface area contributed by atoms with Crippen LogP contribution in [0, 0.1) is 0 Å². The number of aryl methyl sites for hydroxylation is 1. The number of hydrogen-bond donors (Lipinski definition) is 2. The Morgan fingerprint density at radius 2 is 1.84 bits per heavy atom. The third-order valence-electron chi connectivity index (χ3n) is 4.97. The predicted octanol–water partition coefficient (Wildman–Crippen LogP) is 3.87. The molecule has 2 amide bonds. The molecule has 0 aliphatic carbocycles. The molecule has 1 heterocycles. The number of fused-ring (bicyclic) bond motifs is 1. The van der Waals surface area contributed by atoms with Gasteiger partial charge in [0.1, 0.15) is 6.54 Å². The van der Waals surface area contributed by atoms with E-state index in [2.05, 4.69) is 17.6 Å². The van der Waals surface area contributed by atoms with E-state index in [1.807, 2.05) is 30.3 Å². The second-order valence-electron chi connectivity index (χ2n) is 7.34. The van der Waals surface area contributed by atoms with Crippen molar-refractivity contribution in [1.82, 2.24) is 0 Å². The molecule has 2 aromatic rings. The Bertz CT molecular complexity index is 983. The molecule has 31 heavy (non-hydrogen) atoms. The number of ether oxygens (including phenoxy) is 1. The highest BCUT2D eigenvalue weighted by Crippen LogP contribution is 2.30. The molecule has 0 spiro atoms. The van der Waals surface area contributed by atoms with Gasteiger partial charge in [-0.15, -0.1) is 0 Å². The lowest BCUT2D eigenvalue weighted by atomic mass is 10.1. The molecule has 0 unspecified atom stereocenters. The van der Waals surface area contributed by atoms with Gasteiger partial charge in [0, 0.05) is 17.5 Å². The van der Waals surface area contributed by atoms with Gasteiger partial charge in [0.15, 0.2) is 0 Å². The zero-order chi connectivity index (χ0) is 22.2. The molecule has 2 N–H and O–H groups in total. The Morgan fingerprint density at radius 3 is 2.55 bits per heavy atom. The maximum Gasteiger partial charge on any atom is 0.311 e. The van der Waals surface area contributed by atoms with Crippen molar-refractivity contribution in [2.24, 2.45) is 0 Å². The lowest BCUT2D eigenvalue weighted by Gasteiger charge is -2.21. The molecule has 0 bridgehead atoms. The number of hydrogen-bond acceptors (Lipinski definition) is 5. The molecule has 0 aromatic heterocycles. The number of para-hydroxylation sites is 2. The van der Waals surface area contributed by atoms with Gasteiger partial charge < -0.3 is 15.4 Å². The van der Waals surface area contributed by atoms with Gasteiger partial charge in [-0.1, -0.05) is 37.6 Å². The van der Waals surface area contributed by atoms with Crippen molar-refractivity contribution in [2.45, 2.75) is 32.6 Å². The first-order valence-corrected chi connectivity index (χ1v) is 10.3. The van der Waals surface area contributed by atoms with Crippen LogP contribution in [0.2, 0.25) is 0 Å². The molecule has 7 nitrogen and oxygen atoms in total. The molecule has 1 aliphatic heterocycles. The summed E-state index contributed by atoms with van der Waals surface area (Å²) < 4.78 is 4.70. The quantitative estimate of drug-likeness (QED) is 0.632. The first kappa shape index (κ1) is 22.1. The number of benzene rings is 2. The third kappa shape index (κ3) is 5.94. The number of nitrogens with one attached hydrogen (secondary N) is 2. The molecule has 3 rings (SSSR count). The van der Waals surface area contributed by atoms with Crippen molar-refractivity contribution in [1.29, 1.82) is 0 Å². The Kier molecular flexibility index (Phi) is 7.43. The molecule has 162 valence electrons. The average Bonchev–Trinajstić information content (AvgIpc) is 2.89. The summed E-state index contributed by atoms with van der Waals surface area (Å²) in [6, 6.07) is 14.9. The van der Waals surface area contributed by atoms with Crippen LogP contribution in [0.3, 0.4) is 0 Å². The zero-order valence-corrected chi connectivity index (χ0v) is 17.8. The number of unbranched alkanes of at least 4 members (excludes halogenated alkanes) is 1. The van der Waals surface area contributed by atoms with Crippen molar-refractivity contribution in [3.05, 3.63) is 65.9 Å². The minimum absolute atomic E-state index is 0.0685. The van der Waals surface area contributed by atoms with Crippen molar-refractivity contribution in [3.63, 3.8) is 0 Å². The van der Waals surface area contributed by atoms with Crippen LogP contribution < -0.4 is 15.5 Å². The number of rotatable bonds is 8. The van der Waals surface area contributed by atoms with Crippen LogP contribution >= 0.6 is 0 Å². The monoisotopic (exact) mass is 421 g/mol. The molecule has 1 aliphatic rings. The van der Waals surface area contributed by atoms with Gasteiger partial charge in [-0.25, -0.2) is 0 Å². The van der Waals surface area contributed by atoms with E-state index < -0.39 is 5.97 Å². The summed E-state index contributed by atoms with van der Waals surface area (Å²) in [7, 11) is 1.29. The van der Waals surface area contributed by atoms with Crippen LogP contribution in [0.4, 0.5) is 17.1 Å². The van der Waals surface area contributed by atoms with E-state index in [1.165, 1.54) is 23.6 Å². The maximum absolute atomic E-state index is 12.9. The first-order chi connectivity index (χ1) is 15.0. The molecule has 2 aromatic carbocycles. The van der Waals surface area contributed by atoms with E-state index in [0.717, 1.165) is 19.3 Å². The fraction of sp³-hybridized carbons (Fsp3) is 0.292. The molecule has 0 saturated heterocycles. The minimum Gasteiger partial charge on any atom is -0.469 e. The van der Waals surface area contributed by atoms with E-state index in [4.69, 9.17) is 4.74 Å². The Morgan fingerprint density at radius 1 is 1.10 bits per heavy atom. The third-order valence-corrected chi connectivity index (χ3v) is 4.97. The van der Waals surface area contributed by atoms with E-state index in [1.54, 1.807) is 18.2 Å². The first-order valence-electron chi connectivity index (χ1n) is 10.3. The average molecular weight is 421 g/mol. The summed E-state index contributed by atoms with van der Waals surface area (Å²) in [6.45, 7) is 2.00. The Hall–Kier alpha value is -3.61. The van der Waals surface area contributed by atoms with Crippen molar-refractivity contribution < 1.29 is 19.1 Å². The lowest BCUT2D eigenvalue weighted by molar-refractivity contribution is -0.139. The van der Waals surface area contributed by atoms with Crippen LogP contribution in [-0.2, 0) is 25.5 Å². The largest absolute Gasteiger partial charge is 0.469 e. The van der Waals surface area contributed by atoms with E-state index in [-0.39, 0.29) is 24.8 Å². The second kappa shape index (κ2) is 10.4. The second-order valence-corrected chi connectivity index (χ2v) is 7.34. The minimum atomic E-state index is -0.461. The van der Waals surface area contributed by atoms with Crippen molar-refractivity contribution in [2.75, 3.05) is 29.2 Å². The van der Waals surface area contributed by atoms with Crippen LogP contribution in [-0.4, -0.2) is 31.4 Å². The highest BCUT2D eigenvalue weighted by atomic mass is 16.5. The summed E-state index contributed by atoms with van der Waals surface area (Å²) in [5.41, 5.74) is 3.52. The van der Waals surface area contributed by atoms with Crippen molar-refractivity contribution in [3.8, 4) is 0 Å². The summed E-state index contributed by atoms with van der Waals surface area (Å²) in [6.07, 6.45) is 4.53. The number of carbonyl (C=O) groups is 3. The molecular formula is C24H27N3O4. The van der Waals surface area contributed by atoms with Crippen molar-refractivity contribution >= 4 is 34.8 Å². The fourth-order valence-corrected chi connectivity index (χ4v) is 3.34. The highest BCUT2D eigenvalue weighted by molar-refractivity contribution is 6.10. The van der Waals surface area contributed by atoms with Crippen LogP contribution in [0.15, 0.2) is 60.3 Å². The summed E-state index contributed by atoms with van der Waals surface area (Å²) in [4.78, 5) is 38.6. The maximum atomic E-state index is 12.9.